The monoisotopic (exact) mass is 323 g/mol. The Morgan fingerprint density at radius 3 is 2.46 bits per heavy atom. The molecule has 0 unspecified atom stereocenters. The van der Waals surface area contributed by atoms with Gasteiger partial charge in [-0.25, -0.2) is 0 Å². The Kier molecular flexibility index (Phi) is 3.84. The van der Waals surface area contributed by atoms with E-state index in [0.717, 1.165) is 33.7 Å². The number of nitrogens with zero attached hydrogens (tertiary/aromatic N) is 1. The molecule has 1 atom stereocenters. The van der Waals surface area contributed by atoms with Gasteiger partial charge in [-0.15, -0.1) is 0 Å². The fraction of sp³-hybridized carbons (Fsp3) is 0.250. The van der Waals surface area contributed by atoms with Crippen LogP contribution in [0, 0.1) is 20.8 Å². The first-order chi connectivity index (χ1) is 11.3. The summed E-state index contributed by atoms with van der Waals surface area (Å²) in [5.41, 5.74) is 5.06. The number of benzene rings is 2. The van der Waals surface area contributed by atoms with E-state index in [1.807, 2.05) is 45.0 Å². The molecule has 2 aromatic carbocycles. The molecule has 4 heteroatoms. The van der Waals surface area contributed by atoms with Gasteiger partial charge >= 0.3 is 0 Å². The van der Waals surface area contributed by atoms with Gasteiger partial charge in [-0.05, 0) is 55.2 Å². The van der Waals surface area contributed by atoms with Crippen LogP contribution in [0.2, 0.25) is 0 Å². The number of amides is 1. The minimum Gasteiger partial charge on any atom is -0.508 e. The van der Waals surface area contributed by atoms with Crippen LogP contribution < -0.4 is 9.64 Å². The number of aryl methyl sites for hydroxylation is 2. The highest BCUT2D eigenvalue weighted by atomic mass is 16.5. The summed E-state index contributed by atoms with van der Waals surface area (Å²) in [5, 5.41) is 9.99. The normalized spacial score (nSPS) is 17.0. The third-order valence-corrected chi connectivity index (χ3v) is 4.73. The van der Waals surface area contributed by atoms with Gasteiger partial charge in [0.25, 0.3) is 5.91 Å². The molecule has 124 valence electrons. The molecule has 0 saturated carbocycles. The third-order valence-electron chi connectivity index (χ3n) is 4.73. The second-order valence-corrected chi connectivity index (χ2v) is 6.24. The van der Waals surface area contributed by atoms with Crippen molar-refractivity contribution in [3.05, 3.63) is 64.7 Å². The van der Waals surface area contributed by atoms with Crippen LogP contribution in [0.15, 0.2) is 42.5 Å². The Balaban J connectivity index is 2.06. The van der Waals surface area contributed by atoms with Crippen LogP contribution >= 0.6 is 0 Å². The van der Waals surface area contributed by atoms with Crippen LogP contribution in [-0.4, -0.2) is 18.1 Å². The summed E-state index contributed by atoms with van der Waals surface area (Å²) in [6.45, 7) is 9.73. The average Bonchev–Trinajstić information content (AvgIpc) is 2.57. The van der Waals surface area contributed by atoms with Crippen molar-refractivity contribution < 1.29 is 14.6 Å². The standard InChI is InChI=1S/C20H21NO3/c1-11-6-7-15(9-17(11)22)19-14(4)20(23)21(19)16-8-12(2)13(3)18(10-16)24-5/h6-10,19,22H,4H2,1-3,5H3/t19-/m1/s1. The lowest BCUT2D eigenvalue weighted by Crippen LogP contribution is -2.48. The smallest absolute Gasteiger partial charge is 0.256 e. The van der Waals surface area contributed by atoms with E-state index in [2.05, 4.69) is 6.58 Å². The van der Waals surface area contributed by atoms with Crippen molar-refractivity contribution in [1.29, 1.82) is 0 Å². The first kappa shape index (κ1) is 16.1. The van der Waals surface area contributed by atoms with E-state index in [0.29, 0.717) is 5.57 Å². The molecule has 1 saturated heterocycles. The Hall–Kier alpha value is -2.75. The number of carbonyl (C=O) groups excluding carboxylic acids is 1. The second kappa shape index (κ2) is 5.71. The van der Waals surface area contributed by atoms with Gasteiger partial charge < -0.3 is 9.84 Å². The predicted molar refractivity (Wildman–Crippen MR) is 94.7 cm³/mol. The summed E-state index contributed by atoms with van der Waals surface area (Å²) in [5.74, 6) is 0.864. The van der Waals surface area contributed by atoms with E-state index in [1.165, 1.54) is 0 Å². The summed E-state index contributed by atoms with van der Waals surface area (Å²) in [7, 11) is 1.62. The third kappa shape index (κ3) is 2.35. The van der Waals surface area contributed by atoms with Crippen LogP contribution in [0.3, 0.4) is 0 Å². The molecular weight excluding hydrogens is 302 g/mol. The molecule has 0 radical (unpaired) electrons. The number of phenols is 1. The van der Waals surface area contributed by atoms with Crippen molar-refractivity contribution >= 4 is 11.6 Å². The summed E-state index contributed by atoms with van der Waals surface area (Å²) in [6, 6.07) is 9.04. The maximum atomic E-state index is 12.4. The lowest BCUT2D eigenvalue weighted by molar-refractivity contribution is -0.118. The molecule has 3 rings (SSSR count). The number of rotatable bonds is 3. The fourth-order valence-corrected chi connectivity index (χ4v) is 3.05. The molecule has 4 nitrogen and oxygen atoms in total. The number of methoxy groups -OCH3 is 1. The Morgan fingerprint density at radius 2 is 1.83 bits per heavy atom. The number of hydrogen-bond acceptors (Lipinski definition) is 3. The van der Waals surface area contributed by atoms with Crippen LogP contribution in [0.25, 0.3) is 0 Å². The number of ether oxygens (including phenoxy) is 1. The van der Waals surface area contributed by atoms with Crippen molar-refractivity contribution in [1.82, 2.24) is 0 Å². The lowest BCUT2D eigenvalue weighted by atomic mass is 9.87. The highest BCUT2D eigenvalue weighted by Crippen LogP contribution is 2.44. The van der Waals surface area contributed by atoms with Gasteiger partial charge in [0.1, 0.15) is 11.5 Å². The van der Waals surface area contributed by atoms with Gasteiger partial charge in [-0.2, -0.15) is 0 Å². The van der Waals surface area contributed by atoms with Gasteiger partial charge in [0, 0.05) is 17.3 Å². The first-order valence-electron chi connectivity index (χ1n) is 7.82. The van der Waals surface area contributed by atoms with Crippen LogP contribution in [0.5, 0.6) is 11.5 Å². The SMILES string of the molecule is C=C1C(=O)N(c2cc(C)c(C)c(OC)c2)[C@H]1c1ccc(C)c(O)c1. The molecule has 1 N–H and O–H groups in total. The minimum absolute atomic E-state index is 0.106. The zero-order chi connectivity index (χ0) is 17.6. The number of phenolic OH excluding ortho intramolecular Hbond substituents is 1. The van der Waals surface area contributed by atoms with Crippen molar-refractivity contribution in [3.8, 4) is 11.5 Å². The van der Waals surface area contributed by atoms with Crippen molar-refractivity contribution in [2.24, 2.45) is 0 Å². The van der Waals surface area contributed by atoms with E-state index in [1.54, 1.807) is 18.1 Å². The summed E-state index contributed by atoms with van der Waals surface area (Å²) in [6.07, 6.45) is 0. The molecule has 1 heterocycles. The Bertz CT molecular complexity index is 854. The molecule has 0 spiro atoms. The van der Waals surface area contributed by atoms with Gasteiger partial charge in [0.05, 0.1) is 13.2 Å². The van der Waals surface area contributed by atoms with E-state index < -0.39 is 0 Å². The van der Waals surface area contributed by atoms with Gasteiger partial charge in [0.15, 0.2) is 0 Å². The number of β-lactam (4-membered cyclic amide) rings is 1. The minimum atomic E-state index is -0.268. The number of hydrogen-bond donors (Lipinski definition) is 1. The zero-order valence-electron chi connectivity index (χ0n) is 14.4. The molecule has 24 heavy (non-hydrogen) atoms. The van der Waals surface area contributed by atoms with Crippen molar-refractivity contribution in [2.45, 2.75) is 26.8 Å². The zero-order valence-corrected chi connectivity index (χ0v) is 14.4. The molecule has 1 amide bonds. The van der Waals surface area contributed by atoms with Crippen molar-refractivity contribution in [2.75, 3.05) is 12.0 Å². The van der Waals surface area contributed by atoms with Crippen LogP contribution in [0.1, 0.15) is 28.3 Å². The van der Waals surface area contributed by atoms with Crippen LogP contribution in [-0.2, 0) is 4.79 Å². The van der Waals surface area contributed by atoms with Crippen molar-refractivity contribution in [3.63, 3.8) is 0 Å². The number of anilines is 1. The molecule has 0 aliphatic carbocycles. The number of aromatic hydroxyl groups is 1. The van der Waals surface area contributed by atoms with Crippen LogP contribution in [0.4, 0.5) is 5.69 Å². The van der Waals surface area contributed by atoms with E-state index >= 15 is 0 Å². The highest BCUT2D eigenvalue weighted by Gasteiger charge is 2.43. The van der Waals surface area contributed by atoms with Gasteiger partial charge in [-0.3, -0.25) is 9.69 Å². The average molecular weight is 323 g/mol. The fourth-order valence-electron chi connectivity index (χ4n) is 3.05. The Morgan fingerprint density at radius 1 is 1.12 bits per heavy atom. The van der Waals surface area contributed by atoms with E-state index in [4.69, 9.17) is 4.74 Å². The van der Waals surface area contributed by atoms with E-state index in [9.17, 15) is 9.90 Å². The highest BCUT2D eigenvalue weighted by molar-refractivity contribution is 6.15. The second-order valence-electron chi connectivity index (χ2n) is 6.24. The quantitative estimate of drug-likeness (QED) is 0.687. The van der Waals surface area contributed by atoms with E-state index in [-0.39, 0.29) is 17.7 Å². The van der Waals surface area contributed by atoms with Gasteiger partial charge in [0.2, 0.25) is 0 Å². The summed E-state index contributed by atoms with van der Waals surface area (Å²) in [4.78, 5) is 14.1. The maximum absolute atomic E-state index is 12.4. The predicted octanol–water partition coefficient (Wildman–Crippen LogP) is 3.97. The molecule has 1 aliphatic heterocycles. The molecular formula is C20H21NO3. The molecule has 0 aromatic heterocycles. The molecule has 1 fully saturated rings. The molecule has 1 aliphatic rings. The topological polar surface area (TPSA) is 49.8 Å². The molecule has 0 bridgehead atoms. The maximum Gasteiger partial charge on any atom is 0.256 e. The number of carbonyl (C=O) groups is 1. The lowest BCUT2D eigenvalue weighted by Gasteiger charge is -2.43. The first-order valence-corrected chi connectivity index (χ1v) is 7.82. The summed E-state index contributed by atoms with van der Waals surface area (Å²) < 4.78 is 5.42. The Labute approximate surface area is 142 Å². The molecule has 2 aromatic rings. The van der Waals surface area contributed by atoms with Gasteiger partial charge in [-0.1, -0.05) is 18.7 Å². The summed E-state index contributed by atoms with van der Waals surface area (Å²) >= 11 is 0. The largest absolute Gasteiger partial charge is 0.508 e.